The van der Waals surface area contributed by atoms with Crippen LogP contribution in [0.1, 0.15) is 24.5 Å². The Morgan fingerprint density at radius 1 is 0.909 bits per heavy atom. The fraction of sp³-hybridized carbons (Fsp3) is 0.304. The highest BCUT2D eigenvalue weighted by Gasteiger charge is 2.29. The molecule has 176 valence electrons. The monoisotopic (exact) mass is 457 g/mol. The Morgan fingerprint density at radius 3 is 2.18 bits per heavy atom. The first-order valence-electron chi connectivity index (χ1n) is 10.3. The molecule has 0 heterocycles. The summed E-state index contributed by atoms with van der Waals surface area (Å²) < 4.78 is 10.1. The summed E-state index contributed by atoms with van der Waals surface area (Å²) in [7, 11) is 0. The van der Waals surface area contributed by atoms with E-state index in [4.69, 9.17) is 15.2 Å². The molecule has 0 aliphatic carbocycles. The Kier molecular flexibility index (Phi) is 9.69. The minimum Gasteiger partial charge on any atom is -0.508 e. The zero-order chi connectivity index (χ0) is 24.2. The van der Waals surface area contributed by atoms with Crippen LogP contribution in [0.2, 0.25) is 0 Å². The van der Waals surface area contributed by atoms with E-state index in [-0.39, 0.29) is 25.4 Å². The maximum Gasteiger partial charge on any atom is 0.408 e. The van der Waals surface area contributed by atoms with Crippen molar-refractivity contribution in [3.05, 3.63) is 65.7 Å². The number of carbonyl (C=O) groups excluding carboxylic acids is 4. The molecule has 2 aromatic rings. The highest BCUT2D eigenvalue weighted by molar-refractivity contribution is 5.93. The predicted octanol–water partition coefficient (Wildman–Crippen LogP) is 1.15. The smallest absolute Gasteiger partial charge is 0.408 e. The van der Waals surface area contributed by atoms with Crippen molar-refractivity contribution in [2.24, 2.45) is 5.73 Å². The second-order valence-corrected chi connectivity index (χ2v) is 7.11. The number of rotatable bonds is 11. The van der Waals surface area contributed by atoms with Crippen molar-refractivity contribution >= 4 is 23.9 Å². The summed E-state index contributed by atoms with van der Waals surface area (Å²) in [4.78, 5) is 48.8. The molecule has 0 fully saturated rings. The molecule has 5 N–H and O–H groups in total. The Balaban J connectivity index is 2.06. The van der Waals surface area contributed by atoms with Gasteiger partial charge in [0.1, 0.15) is 24.4 Å². The molecular weight excluding hydrogens is 430 g/mol. The Hall–Kier alpha value is -4.08. The number of nitrogens with two attached hydrogens (primary N) is 1. The van der Waals surface area contributed by atoms with E-state index in [0.29, 0.717) is 5.56 Å². The molecule has 2 aromatic carbocycles. The number of hydrogen-bond donors (Lipinski definition) is 4. The van der Waals surface area contributed by atoms with Crippen LogP contribution in [-0.2, 0) is 36.9 Å². The lowest BCUT2D eigenvalue weighted by molar-refractivity contribution is -0.147. The van der Waals surface area contributed by atoms with E-state index in [0.717, 1.165) is 5.56 Å². The number of carbonyl (C=O) groups is 4. The van der Waals surface area contributed by atoms with Crippen molar-refractivity contribution in [1.82, 2.24) is 10.6 Å². The SMILES string of the molecule is CCOC(=O)[C@H](Cc1ccc(O)cc1)NC(=O)[C@H](CC(N)=O)NC(=O)OCc1ccccc1. The zero-order valence-corrected chi connectivity index (χ0v) is 18.2. The number of benzene rings is 2. The Labute approximate surface area is 191 Å². The standard InChI is InChI=1S/C23H27N3O7/c1-2-32-22(30)19(12-15-8-10-17(27)11-9-15)25-21(29)18(13-20(24)28)26-23(31)33-14-16-6-4-3-5-7-16/h3-11,18-19,27H,2,12-14H2,1H3,(H2,24,28)(H,25,29)(H,26,31)/t18-,19-/m0/s1. The third-order valence-electron chi connectivity index (χ3n) is 4.49. The van der Waals surface area contributed by atoms with Gasteiger partial charge in [-0.25, -0.2) is 9.59 Å². The van der Waals surface area contributed by atoms with Gasteiger partial charge in [-0.05, 0) is 30.2 Å². The molecule has 2 rings (SSSR count). The van der Waals surface area contributed by atoms with Gasteiger partial charge < -0.3 is 30.9 Å². The molecule has 33 heavy (non-hydrogen) atoms. The van der Waals surface area contributed by atoms with Crippen LogP contribution in [0.3, 0.4) is 0 Å². The number of phenols is 1. The van der Waals surface area contributed by atoms with Gasteiger partial charge in [0.25, 0.3) is 0 Å². The molecule has 2 atom stereocenters. The van der Waals surface area contributed by atoms with Gasteiger partial charge in [-0.3, -0.25) is 9.59 Å². The van der Waals surface area contributed by atoms with Gasteiger partial charge in [0.05, 0.1) is 13.0 Å². The third-order valence-corrected chi connectivity index (χ3v) is 4.49. The topological polar surface area (TPSA) is 157 Å². The third kappa shape index (κ3) is 8.90. The Morgan fingerprint density at radius 2 is 1.58 bits per heavy atom. The predicted molar refractivity (Wildman–Crippen MR) is 118 cm³/mol. The van der Waals surface area contributed by atoms with E-state index in [2.05, 4.69) is 10.6 Å². The normalized spacial score (nSPS) is 12.2. The highest BCUT2D eigenvalue weighted by atomic mass is 16.5. The number of phenolic OH excluding ortho intramolecular Hbond substituents is 1. The average molecular weight is 457 g/mol. The molecule has 0 aliphatic heterocycles. The van der Waals surface area contributed by atoms with Crippen molar-refractivity contribution in [1.29, 1.82) is 0 Å². The number of amides is 3. The van der Waals surface area contributed by atoms with Gasteiger partial charge in [0, 0.05) is 6.42 Å². The van der Waals surface area contributed by atoms with Crippen LogP contribution in [0.5, 0.6) is 5.75 Å². The van der Waals surface area contributed by atoms with Gasteiger partial charge in [-0.2, -0.15) is 0 Å². The number of nitrogens with one attached hydrogen (secondary N) is 2. The summed E-state index contributed by atoms with van der Waals surface area (Å²) in [5.41, 5.74) is 6.60. The molecule has 0 spiro atoms. The van der Waals surface area contributed by atoms with Crippen molar-refractivity contribution in [2.45, 2.75) is 38.5 Å². The molecule has 0 aromatic heterocycles. The van der Waals surface area contributed by atoms with E-state index < -0.39 is 42.4 Å². The molecule has 10 heteroatoms. The maximum atomic E-state index is 12.8. The zero-order valence-electron chi connectivity index (χ0n) is 18.2. The lowest BCUT2D eigenvalue weighted by Crippen LogP contribution is -2.53. The van der Waals surface area contributed by atoms with Crippen LogP contribution in [-0.4, -0.2) is 47.7 Å². The molecular formula is C23H27N3O7. The molecule has 0 radical (unpaired) electrons. The van der Waals surface area contributed by atoms with Crippen LogP contribution >= 0.6 is 0 Å². The van der Waals surface area contributed by atoms with Crippen LogP contribution in [0, 0.1) is 0 Å². The van der Waals surface area contributed by atoms with E-state index in [9.17, 15) is 24.3 Å². The average Bonchev–Trinajstić information content (AvgIpc) is 2.78. The molecule has 0 aliphatic rings. The number of esters is 1. The largest absolute Gasteiger partial charge is 0.508 e. The van der Waals surface area contributed by atoms with Crippen molar-refractivity contribution in [3.63, 3.8) is 0 Å². The molecule has 0 bridgehead atoms. The summed E-state index contributed by atoms with van der Waals surface area (Å²) in [5.74, 6) is -2.27. The quantitative estimate of drug-likeness (QED) is 0.369. The fourth-order valence-corrected chi connectivity index (χ4v) is 2.89. The van der Waals surface area contributed by atoms with Crippen LogP contribution in [0.25, 0.3) is 0 Å². The molecule has 0 saturated heterocycles. The summed E-state index contributed by atoms with van der Waals surface area (Å²) >= 11 is 0. The molecule has 0 unspecified atom stereocenters. The van der Waals surface area contributed by atoms with E-state index in [1.165, 1.54) is 12.1 Å². The minimum absolute atomic E-state index is 0.0378. The van der Waals surface area contributed by atoms with Crippen molar-refractivity contribution in [3.8, 4) is 5.75 Å². The second kappa shape index (κ2) is 12.7. The lowest BCUT2D eigenvalue weighted by Gasteiger charge is -2.22. The maximum absolute atomic E-state index is 12.8. The number of ether oxygens (including phenoxy) is 2. The molecule has 0 saturated carbocycles. The summed E-state index contributed by atoms with van der Waals surface area (Å²) in [6.07, 6.45) is -1.36. The minimum atomic E-state index is -1.36. The summed E-state index contributed by atoms with van der Waals surface area (Å²) in [5, 5.41) is 14.2. The second-order valence-electron chi connectivity index (χ2n) is 7.11. The first-order valence-corrected chi connectivity index (χ1v) is 10.3. The van der Waals surface area contributed by atoms with Crippen LogP contribution in [0.15, 0.2) is 54.6 Å². The van der Waals surface area contributed by atoms with Crippen LogP contribution in [0.4, 0.5) is 4.79 Å². The van der Waals surface area contributed by atoms with Gasteiger partial charge in [0.2, 0.25) is 11.8 Å². The van der Waals surface area contributed by atoms with Gasteiger partial charge >= 0.3 is 12.1 Å². The van der Waals surface area contributed by atoms with Crippen LogP contribution < -0.4 is 16.4 Å². The number of aromatic hydroxyl groups is 1. The van der Waals surface area contributed by atoms with E-state index in [1.807, 2.05) is 6.07 Å². The van der Waals surface area contributed by atoms with Crippen molar-refractivity contribution < 1.29 is 33.8 Å². The highest BCUT2D eigenvalue weighted by Crippen LogP contribution is 2.12. The number of alkyl carbamates (subject to hydrolysis) is 1. The van der Waals surface area contributed by atoms with Gasteiger partial charge in [-0.15, -0.1) is 0 Å². The number of hydrogen-bond acceptors (Lipinski definition) is 7. The van der Waals surface area contributed by atoms with Gasteiger partial charge in [-0.1, -0.05) is 42.5 Å². The summed E-state index contributed by atoms with van der Waals surface area (Å²) in [6, 6.07) is 12.5. The van der Waals surface area contributed by atoms with E-state index >= 15 is 0 Å². The van der Waals surface area contributed by atoms with Gasteiger partial charge in [0.15, 0.2) is 0 Å². The summed E-state index contributed by atoms with van der Waals surface area (Å²) in [6.45, 7) is 1.68. The number of primary amides is 1. The molecule has 3 amide bonds. The fourth-order valence-electron chi connectivity index (χ4n) is 2.89. The first kappa shape index (κ1) is 25.2. The lowest BCUT2D eigenvalue weighted by atomic mass is 10.0. The first-order chi connectivity index (χ1) is 15.8. The molecule has 10 nitrogen and oxygen atoms in total. The Bertz CT molecular complexity index is 948. The van der Waals surface area contributed by atoms with E-state index in [1.54, 1.807) is 43.3 Å². The van der Waals surface area contributed by atoms with Crippen molar-refractivity contribution in [2.75, 3.05) is 6.61 Å².